The predicted octanol–water partition coefficient (Wildman–Crippen LogP) is 1.76. The van der Waals surface area contributed by atoms with Crippen molar-refractivity contribution in [2.75, 3.05) is 0 Å². The lowest BCUT2D eigenvalue weighted by Crippen LogP contribution is -2.32. The second-order valence-electron chi connectivity index (χ2n) is 4.49. The number of aliphatic hydroxyl groups excluding tert-OH is 1. The predicted molar refractivity (Wildman–Crippen MR) is 49.2 cm³/mol. The molecule has 1 N–H and O–H groups in total. The van der Waals surface area contributed by atoms with E-state index in [1.165, 1.54) is 0 Å². The van der Waals surface area contributed by atoms with E-state index in [9.17, 15) is 9.50 Å². The molecule has 1 heterocycles. The van der Waals surface area contributed by atoms with E-state index >= 15 is 0 Å². The summed E-state index contributed by atoms with van der Waals surface area (Å²) in [5.74, 6) is 0.283. The number of hydrogen-bond donors (Lipinski definition) is 1. The van der Waals surface area contributed by atoms with Crippen molar-refractivity contribution < 1.29 is 14.2 Å². The van der Waals surface area contributed by atoms with Gasteiger partial charge in [-0.25, -0.2) is 4.39 Å². The lowest BCUT2D eigenvalue weighted by Gasteiger charge is -2.18. The zero-order valence-corrected chi connectivity index (χ0v) is 8.70. The van der Waals surface area contributed by atoms with Crippen molar-refractivity contribution in [2.45, 2.75) is 52.2 Å². The summed E-state index contributed by atoms with van der Waals surface area (Å²) in [5, 5.41) is 9.55. The minimum Gasteiger partial charge on any atom is -0.387 e. The third-order valence-corrected chi connectivity index (χ3v) is 2.61. The first-order valence-corrected chi connectivity index (χ1v) is 4.92. The molecule has 0 bridgehead atoms. The molecule has 1 aliphatic rings. The van der Waals surface area contributed by atoms with E-state index in [4.69, 9.17) is 4.74 Å². The third-order valence-electron chi connectivity index (χ3n) is 2.61. The Kier molecular flexibility index (Phi) is 3.30. The van der Waals surface area contributed by atoms with Gasteiger partial charge in [0.15, 0.2) is 6.17 Å². The van der Waals surface area contributed by atoms with Gasteiger partial charge in [0.05, 0.1) is 12.2 Å². The summed E-state index contributed by atoms with van der Waals surface area (Å²) in [6.45, 7) is 7.69. The Balaban J connectivity index is 2.66. The van der Waals surface area contributed by atoms with Crippen molar-refractivity contribution in [3.63, 3.8) is 0 Å². The summed E-state index contributed by atoms with van der Waals surface area (Å²) < 4.78 is 19.0. The Hall–Kier alpha value is -0.150. The Bertz CT molecular complexity index is 152. The number of hydrogen-bond acceptors (Lipinski definition) is 2. The molecule has 2 nitrogen and oxygen atoms in total. The molecular formula is C10H19FO2. The van der Waals surface area contributed by atoms with Crippen LogP contribution in [0.15, 0.2) is 0 Å². The van der Waals surface area contributed by atoms with Gasteiger partial charge in [0.1, 0.15) is 6.10 Å². The second-order valence-corrected chi connectivity index (χ2v) is 4.49. The zero-order chi connectivity index (χ0) is 10.2. The summed E-state index contributed by atoms with van der Waals surface area (Å²) in [6.07, 6.45) is -2.97. The third kappa shape index (κ3) is 2.02. The van der Waals surface area contributed by atoms with Gasteiger partial charge >= 0.3 is 0 Å². The molecule has 0 aromatic heterocycles. The summed E-state index contributed by atoms with van der Waals surface area (Å²) in [7, 11) is 0. The van der Waals surface area contributed by atoms with Gasteiger partial charge in [-0.1, -0.05) is 27.7 Å². The van der Waals surface area contributed by atoms with Gasteiger partial charge in [0.2, 0.25) is 0 Å². The Morgan fingerprint density at radius 2 is 1.54 bits per heavy atom. The van der Waals surface area contributed by atoms with E-state index in [0.29, 0.717) is 0 Å². The standard InChI is InChI=1S/C10H19FO2/c1-5(2)9-7(11)8(12)10(13-9)6(3)4/h5-10,12H,1-4H3/t7-,8-,9-,10+/m0/s1. The summed E-state index contributed by atoms with van der Waals surface area (Å²) in [4.78, 5) is 0. The molecule has 1 fully saturated rings. The fourth-order valence-corrected chi connectivity index (χ4v) is 1.79. The van der Waals surface area contributed by atoms with Crippen LogP contribution in [0.1, 0.15) is 27.7 Å². The van der Waals surface area contributed by atoms with Gasteiger partial charge in [0, 0.05) is 0 Å². The van der Waals surface area contributed by atoms with Crippen molar-refractivity contribution in [3.8, 4) is 0 Å². The molecule has 0 aliphatic carbocycles. The molecule has 0 unspecified atom stereocenters. The van der Waals surface area contributed by atoms with Crippen molar-refractivity contribution in [3.05, 3.63) is 0 Å². The average molecular weight is 190 g/mol. The van der Waals surface area contributed by atoms with Gasteiger partial charge in [-0.05, 0) is 11.8 Å². The quantitative estimate of drug-likeness (QED) is 0.719. The van der Waals surface area contributed by atoms with Gasteiger partial charge in [-0.2, -0.15) is 0 Å². The summed E-state index contributed by atoms with van der Waals surface area (Å²) in [5.41, 5.74) is 0. The Labute approximate surface area is 79.1 Å². The van der Waals surface area contributed by atoms with E-state index in [0.717, 1.165) is 0 Å². The average Bonchev–Trinajstić information content (AvgIpc) is 2.29. The largest absolute Gasteiger partial charge is 0.387 e. The fraction of sp³-hybridized carbons (Fsp3) is 1.00. The van der Waals surface area contributed by atoms with Crippen LogP contribution in [0.25, 0.3) is 0 Å². The minimum absolute atomic E-state index is 0.119. The highest BCUT2D eigenvalue weighted by Gasteiger charge is 2.46. The number of ether oxygens (including phenoxy) is 1. The molecule has 1 rings (SSSR count). The molecule has 0 radical (unpaired) electrons. The normalized spacial score (nSPS) is 40.6. The maximum absolute atomic E-state index is 13.5. The van der Waals surface area contributed by atoms with E-state index < -0.39 is 18.4 Å². The highest BCUT2D eigenvalue weighted by molar-refractivity contribution is 4.93. The summed E-state index contributed by atoms with van der Waals surface area (Å²) in [6, 6.07) is 0. The molecule has 78 valence electrons. The van der Waals surface area contributed by atoms with E-state index in [2.05, 4.69) is 0 Å². The fourth-order valence-electron chi connectivity index (χ4n) is 1.79. The van der Waals surface area contributed by atoms with Crippen LogP contribution in [0, 0.1) is 11.8 Å². The number of halogens is 1. The van der Waals surface area contributed by atoms with Crippen LogP contribution in [0.5, 0.6) is 0 Å². The molecule has 1 aliphatic heterocycles. The van der Waals surface area contributed by atoms with Crippen molar-refractivity contribution in [2.24, 2.45) is 11.8 Å². The lowest BCUT2D eigenvalue weighted by atomic mass is 9.97. The first-order valence-electron chi connectivity index (χ1n) is 4.92. The van der Waals surface area contributed by atoms with Gasteiger partial charge in [0.25, 0.3) is 0 Å². The first-order chi connectivity index (χ1) is 5.95. The monoisotopic (exact) mass is 190 g/mol. The molecule has 0 aromatic rings. The van der Waals surface area contributed by atoms with E-state index in [1.807, 2.05) is 27.7 Å². The molecule has 4 atom stereocenters. The van der Waals surface area contributed by atoms with Crippen LogP contribution in [0.4, 0.5) is 4.39 Å². The van der Waals surface area contributed by atoms with Crippen LogP contribution in [0.3, 0.4) is 0 Å². The zero-order valence-electron chi connectivity index (χ0n) is 8.70. The van der Waals surface area contributed by atoms with Crippen LogP contribution in [-0.2, 0) is 4.74 Å². The van der Waals surface area contributed by atoms with Crippen LogP contribution in [-0.4, -0.2) is 29.6 Å². The molecule has 0 amide bonds. The molecule has 13 heavy (non-hydrogen) atoms. The van der Waals surface area contributed by atoms with Crippen molar-refractivity contribution in [1.29, 1.82) is 0 Å². The number of aliphatic hydroxyl groups is 1. The second kappa shape index (κ2) is 3.93. The van der Waals surface area contributed by atoms with E-state index in [-0.39, 0.29) is 17.9 Å². The van der Waals surface area contributed by atoms with Crippen molar-refractivity contribution >= 4 is 0 Å². The maximum atomic E-state index is 13.5. The minimum atomic E-state index is -1.23. The molecule has 0 saturated carbocycles. The highest BCUT2D eigenvalue weighted by Crippen LogP contribution is 2.32. The first kappa shape index (κ1) is 10.9. The summed E-state index contributed by atoms with van der Waals surface area (Å²) >= 11 is 0. The maximum Gasteiger partial charge on any atom is 0.155 e. The molecule has 0 aromatic carbocycles. The SMILES string of the molecule is CC(C)[C@H]1O[C@@H](C(C)C)[C@@H](F)[C@@H]1O. The number of alkyl halides is 1. The highest BCUT2D eigenvalue weighted by atomic mass is 19.1. The Morgan fingerprint density at radius 3 is 1.77 bits per heavy atom. The molecule has 0 spiro atoms. The van der Waals surface area contributed by atoms with Gasteiger partial charge in [-0.15, -0.1) is 0 Å². The Morgan fingerprint density at radius 1 is 1.08 bits per heavy atom. The number of rotatable bonds is 2. The van der Waals surface area contributed by atoms with Crippen molar-refractivity contribution in [1.82, 2.24) is 0 Å². The molecule has 3 heteroatoms. The molecular weight excluding hydrogens is 171 g/mol. The van der Waals surface area contributed by atoms with Gasteiger partial charge in [-0.3, -0.25) is 0 Å². The molecule has 1 saturated heterocycles. The van der Waals surface area contributed by atoms with Crippen LogP contribution in [0.2, 0.25) is 0 Å². The van der Waals surface area contributed by atoms with Crippen LogP contribution >= 0.6 is 0 Å². The topological polar surface area (TPSA) is 29.5 Å². The van der Waals surface area contributed by atoms with E-state index in [1.54, 1.807) is 0 Å². The smallest absolute Gasteiger partial charge is 0.155 e. The van der Waals surface area contributed by atoms with Gasteiger partial charge < -0.3 is 9.84 Å². The lowest BCUT2D eigenvalue weighted by molar-refractivity contribution is -0.0310. The van der Waals surface area contributed by atoms with Crippen LogP contribution < -0.4 is 0 Å².